The molecule has 2 aromatic rings. The van der Waals surface area contributed by atoms with E-state index in [1.54, 1.807) is 32.2 Å². The fourth-order valence-electron chi connectivity index (χ4n) is 2.88. The maximum absolute atomic E-state index is 12.0. The molecule has 0 saturated carbocycles. The van der Waals surface area contributed by atoms with Gasteiger partial charge in [-0.2, -0.15) is 0 Å². The highest BCUT2D eigenvalue weighted by Crippen LogP contribution is 2.25. The average Bonchev–Trinajstić information content (AvgIpc) is 2.68. The molecular formula is C22H27ClN2O3S. The minimum absolute atomic E-state index is 0.0396. The van der Waals surface area contributed by atoms with Gasteiger partial charge in [0.25, 0.3) is 0 Å². The topological polar surface area (TPSA) is 59.6 Å². The number of nitrogens with one attached hydrogen (secondary N) is 2. The molecule has 0 saturated heterocycles. The van der Waals surface area contributed by atoms with E-state index in [1.165, 1.54) is 0 Å². The summed E-state index contributed by atoms with van der Waals surface area (Å²) < 4.78 is 10.3. The van der Waals surface area contributed by atoms with Crippen molar-refractivity contribution in [3.8, 4) is 5.75 Å². The van der Waals surface area contributed by atoms with Crippen LogP contribution in [-0.4, -0.2) is 24.8 Å². The molecule has 0 aliphatic carbocycles. The van der Waals surface area contributed by atoms with Gasteiger partial charge in [-0.05, 0) is 67.4 Å². The third-order valence-electron chi connectivity index (χ3n) is 4.25. The zero-order chi connectivity index (χ0) is 21.4. The Kier molecular flexibility index (Phi) is 8.73. The first-order valence-corrected chi connectivity index (χ1v) is 10.3. The third-order valence-corrected chi connectivity index (χ3v) is 4.80. The maximum atomic E-state index is 12.0. The van der Waals surface area contributed by atoms with Crippen LogP contribution >= 0.6 is 23.8 Å². The van der Waals surface area contributed by atoms with Crippen molar-refractivity contribution in [1.82, 2.24) is 5.32 Å². The number of thiocarbonyl (C=S) groups is 1. The van der Waals surface area contributed by atoms with E-state index >= 15 is 0 Å². The molecule has 0 spiro atoms. The molecule has 2 rings (SSSR count). The lowest BCUT2D eigenvalue weighted by Gasteiger charge is -2.23. The summed E-state index contributed by atoms with van der Waals surface area (Å²) in [4.78, 5) is 12.0. The van der Waals surface area contributed by atoms with E-state index in [0.717, 1.165) is 17.7 Å². The second-order valence-electron chi connectivity index (χ2n) is 6.97. The van der Waals surface area contributed by atoms with Crippen molar-refractivity contribution < 1.29 is 14.3 Å². The normalized spacial score (nSPS) is 11.7. The number of carbonyl (C=O) groups is 1. The Hall–Kier alpha value is -2.31. The van der Waals surface area contributed by atoms with E-state index in [-0.39, 0.29) is 12.6 Å². The fraction of sp³-hybridized carbons (Fsp3) is 0.364. The average molecular weight is 435 g/mol. The van der Waals surface area contributed by atoms with Crippen LogP contribution in [0.25, 0.3) is 0 Å². The number of hydrogen-bond donors (Lipinski definition) is 2. The van der Waals surface area contributed by atoms with E-state index < -0.39 is 5.97 Å². The van der Waals surface area contributed by atoms with Gasteiger partial charge in [0.15, 0.2) is 5.11 Å². The summed E-state index contributed by atoms with van der Waals surface area (Å²) >= 11 is 11.6. The van der Waals surface area contributed by atoms with Gasteiger partial charge < -0.3 is 20.1 Å². The number of anilines is 1. The molecule has 1 unspecified atom stereocenters. The van der Waals surface area contributed by atoms with Gasteiger partial charge in [-0.15, -0.1) is 0 Å². The Bertz CT molecular complexity index is 840. The largest absolute Gasteiger partial charge is 0.497 e. The molecule has 2 N–H and O–H groups in total. The molecule has 0 fully saturated rings. The van der Waals surface area contributed by atoms with Crippen LogP contribution in [-0.2, 0) is 4.74 Å². The number of benzene rings is 2. The van der Waals surface area contributed by atoms with Crippen molar-refractivity contribution in [2.45, 2.75) is 33.2 Å². The molecule has 0 aliphatic heterocycles. The van der Waals surface area contributed by atoms with Crippen molar-refractivity contribution in [2.24, 2.45) is 5.92 Å². The Labute approximate surface area is 182 Å². The van der Waals surface area contributed by atoms with Gasteiger partial charge in [-0.3, -0.25) is 0 Å². The molecule has 2 aromatic carbocycles. The monoisotopic (exact) mass is 434 g/mol. The summed E-state index contributed by atoms with van der Waals surface area (Å²) in [5.74, 6) is 0.824. The van der Waals surface area contributed by atoms with E-state index in [1.807, 2.05) is 24.3 Å². The fourth-order valence-corrected chi connectivity index (χ4v) is 3.33. The Balaban J connectivity index is 2.13. The molecule has 0 aliphatic rings. The van der Waals surface area contributed by atoms with Crippen LogP contribution in [0.1, 0.15) is 49.2 Å². The van der Waals surface area contributed by atoms with Gasteiger partial charge in [-0.25, -0.2) is 4.79 Å². The number of halogens is 1. The van der Waals surface area contributed by atoms with Crippen molar-refractivity contribution in [2.75, 3.05) is 19.0 Å². The summed E-state index contributed by atoms with van der Waals surface area (Å²) in [7, 11) is 1.65. The Morgan fingerprint density at radius 1 is 1.17 bits per heavy atom. The number of ether oxygens (including phenoxy) is 2. The van der Waals surface area contributed by atoms with E-state index in [2.05, 4.69) is 24.5 Å². The lowest BCUT2D eigenvalue weighted by Crippen LogP contribution is -2.33. The van der Waals surface area contributed by atoms with Crippen LogP contribution < -0.4 is 15.4 Å². The van der Waals surface area contributed by atoms with Crippen LogP contribution in [0.5, 0.6) is 5.75 Å². The summed E-state index contributed by atoms with van der Waals surface area (Å²) in [6, 6.07) is 13.0. The van der Waals surface area contributed by atoms with Gasteiger partial charge in [-0.1, -0.05) is 37.6 Å². The molecule has 0 amide bonds. The summed E-state index contributed by atoms with van der Waals surface area (Å²) in [5, 5.41) is 7.30. The lowest BCUT2D eigenvalue weighted by atomic mass is 9.97. The third kappa shape index (κ3) is 6.91. The summed E-state index contributed by atoms with van der Waals surface area (Å²) in [5.41, 5.74) is 2.08. The minimum Gasteiger partial charge on any atom is -0.497 e. The van der Waals surface area contributed by atoms with Gasteiger partial charge >= 0.3 is 5.97 Å². The van der Waals surface area contributed by atoms with Crippen molar-refractivity contribution in [1.29, 1.82) is 0 Å². The van der Waals surface area contributed by atoms with Crippen molar-refractivity contribution >= 4 is 40.6 Å². The molecule has 0 heterocycles. The van der Waals surface area contributed by atoms with Crippen LogP contribution in [0.3, 0.4) is 0 Å². The zero-order valence-corrected chi connectivity index (χ0v) is 18.7. The predicted molar refractivity (Wildman–Crippen MR) is 122 cm³/mol. The van der Waals surface area contributed by atoms with Crippen LogP contribution in [0.4, 0.5) is 5.69 Å². The quantitative estimate of drug-likeness (QED) is 0.416. The van der Waals surface area contributed by atoms with E-state index in [0.29, 0.717) is 27.3 Å². The van der Waals surface area contributed by atoms with Crippen LogP contribution in [0, 0.1) is 5.92 Å². The highest BCUT2D eigenvalue weighted by Gasteiger charge is 2.16. The van der Waals surface area contributed by atoms with Crippen molar-refractivity contribution in [3.05, 3.63) is 58.6 Å². The first-order valence-electron chi connectivity index (χ1n) is 9.52. The number of hydrogen-bond acceptors (Lipinski definition) is 4. The zero-order valence-electron chi connectivity index (χ0n) is 17.1. The molecular weight excluding hydrogens is 408 g/mol. The molecule has 7 heteroatoms. The number of methoxy groups -OCH3 is 1. The highest BCUT2D eigenvalue weighted by atomic mass is 35.5. The smallest absolute Gasteiger partial charge is 0.339 e. The Morgan fingerprint density at radius 3 is 2.45 bits per heavy atom. The number of carbonyl (C=O) groups excluding carboxylic acids is 1. The van der Waals surface area contributed by atoms with E-state index in [4.69, 9.17) is 33.3 Å². The molecule has 0 bridgehead atoms. The first kappa shape index (κ1) is 23.0. The molecule has 0 aromatic heterocycles. The van der Waals surface area contributed by atoms with Crippen molar-refractivity contribution in [3.63, 3.8) is 0 Å². The SMILES string of the molecule is CCOC(=O)c1cc(NC(=S)NC(CC(C)C)c2ccc(OC)cc2)ccc1Cl. The predicted octanol–water partition coefficient (Wildman–Crippen LogP) is 5.60. The number of rotatable bonds is 8. The summed E-state index contributed by atoms with van der Waals surface area (Å²) in [6.45, 7) is 6.37. The summed E-state index contributed by atoms with van der Waals surface area (Å²) in [6.07, 6.45) is 0.906. The maximum Gasteiger partial charge on any atom is 0.339 e. The molecule has 0 radical (unpaired) electrons. The standard InChI is InChI=1S/C22H27ClN2O3S/c1-5-28-21(26)18-13-16(8-11-19(18)23)24-22(29)25-20(12-14(2)3)15-6-9-17(27-4)10-7-15/h6-11,13-14,20H,5,12H2,1-4H3,(H2,24,25,29). The van der Waals surface area contributed by atoms with Gasteiger partial charge in [0, 0.05) is 5.69 Å². The number of esters is 1. The molecule has 1 atom stereocenters. The van der Waals surface area contributed by atoms with Crippen LogP contribution in [0.15, 0.2) is 42.5 Å². The minimum atomic E-state index is -0.462. The molecule has 5 nitrogen and oxygen atoms in total. The Morgan fingerprint density at radius 2 is 1.86 bits per heavy atom. The van der Waals surface area contributed by atoms with E-state index in [9.17, 15) is 4.79 Å². The second-order valence-corrected chi connectivity index (χ2v) is 7.78. The van der Waals surface area contributed by atoms with Gasteiger partial charge in [0.05, 0.1) is 30.3 Å². The first-order chi connectivity index (χ1) is 13.8. The van der Waals surface area contributed by atoms with Crippen LogP contribution in [0.2, 0.25) is 5.02 Å². The van der Waals surface area contributed by atoms with Gasteiger partial charge in [0.1, 0.15) is 5.75 Å². The highest BCUT2D eigenvalue weighted by molar-refractivity contribution is 7.80. The molecule has 156 valence electrons. The second kappa shape index (κ2) is 11.0. The van der Waals surface area contributed by atoms with Gasteiger partial charge in [0.2, 0.25) is 0 Å². The lowest BCUT2D eigenvalue weighted by molar-refractivity contribution is 0.0526. The molecule has 29 heavy (non-hydrogen) atoms.